The first kappa shape index (κ1) is 14.5. The van der Waals surface area contributed by atoms with Gasteiger partial charge in [0.1, 0.15) is 0 Å². The van der Waals surface area contributed by atoms with Crippen molar-refractivity contribution in [2.45, 2.75) is 64.6 Å². The molecule has 1 aliphatic heterocycles. The number of hydrogen-bond acceptors (Lipinski definition) is 3. The number of nitrogens with two attached hydrogens (primary N) is 1. The van der Waals surface area contributed by atoms with Crippen LogP contribution in [0.1, 0.15) is 64.1 Å². The van der Waals surface area contributed by atoms with E-state index in [2.05, 4.69) is 37.0 Å². The molecule has 0 saturated carbocycles. The van der Waals surface area contributed by atoms with Gasteiger partial charge in [0.2, 0.25) is 0 Å². The zero-order chi connectivity index (χ0) is 13.8. The molecule has 0 amide bonds. The molecule has 2 unspecified atom stereocenters. The average Bonchev–Trinajstić information content (AvgIpc) is 2.90. The fourth-order valence-corrected chi connectivity index (χ4v) is 3.14. The van der Waals surface area contributed by atoms with E-state index in [1.807, 2.05) is 10.9 Å². The third kappa shape index (κ3) is 3.18. The molecular weight excluding hydrogens is 236 g/mol. The van der Waals surface area contributed by atoms with Gasteiger partial charge < -0.3 is 5.73 Å². The molecule has 1 aromatic heterocycles. The van der Waals surface area contributed by atoms with Crippen molar-refractivity contribution in [2.24, 2.45) is 5.73 Å². The van der Waals surface area contributed by atoms with Gasteiger partial charge in [0.05, 0.1) is 12.2 Å². The Bertz CT molecular complexity index is 385. The number of likely N-dealkylation sites (tertiary alicyclic amines) is 1. The summed E-state index contributed by atoms with van der Waals surface area (Å²) in [7, 11) is 0. The fraction of sp³-hybridized carbons (Fsp3) is 0.800. The maximum Gasteiger partial charge on any atom is 0.0538 e. The summed E-state index contributed by atoms with van der Waals surface area (Å²) in [6, 6.07) is 1.43. The van der Waals surface area contributed by atoms with Crippen LogP contribution in [-0.2, 0) is 0 Å². The number of hydrogen-bond donors (Lipinski definition) is 1. The van der Waals surface area contributed by atoms with Crippen LogP contribution in [0, 0.1) is 0 Å². The third-order valence-corrected chi connectivity index (χ3v) is 4.30. The van der Waals surface area contributed by atoms with Crippen molar-refractivity contribution in [3.05, 3.63) is 18.0 Å². The zero-order valence-electron chi connectivity index (χ0n) is 12.5. The molecule has 4 nitrogen and oxygen atoms in total. The second kappa shape index (κ2) is 6.53. The predicted molar refractivity (Wildman–Crippen MR) is 79.0 cm³/mol. The first-order valence-corrected chi connectivity index (χ1v) is 7.67. The van der Waals surface area contributed by atoms with Crippen molar-refractivity contribution in [2.75, 3.05) is 13.1 Å². The van der Waals surface area contributed by atoms with Crippen molar-refractivity contribution >= 4 is 0 Å². The summed E-state index contributed by atoms with van der Waals surface area (Å²) in [4.78, 5) is 2.60. The van der Waals surface area contributed by atoms with Gasteiger partial charge in [-0.1, -0.05) is 13.3 Å². The first-order chi connectivity index (χ1) is 9.17. The summed E-state index contributed by atoms with van der Waals surface area (Å²) < 4.78 is 2.03. The zero-order valence-corrected chi connectivity index (χ0v) is 12.5. The highest BCUT2D eigenvalue weighted by atomic mass is 15.3. The average molecular weight is 264 g/mol. The van der Waals surface area contributed by atoms with Crippen molar-refractivity contribution < 1.29 is 0 Å². The lowest BCUT2D eigenvalue weighted by Crippen LogP contribution is -2.44. The minimum atomic E-state index is 0.331. The van der Waals surface area contributed by atoms with E-state index >= 15 is 0 Å². The number of nitrogens with zero attached hydrogens (tertiary/aromatic N) is 3. The predicted octanol–water partition coefficient (Wildman–Crippen LogP) is 2.73. The lowest BCUT2D eigenvalue weighted by molar-refractivity contribution is 0.0948. The molecule has 0 aromatic carbocycles. The molecule has 1 aliphatic rings. The van der Waals surface area contributed by atoms with E-state index < -0.39 is 0 Å². The molecule has 0 spiro atoms. The van der Waals surface area contributed by atoms with Gasteiger partial charge in [0.25, 0.3) is 0 Å². The van der Waals surface area contributed by atoms with Crippen LogP contribution in [0.15, 0.2) is 12.4 Å². The van der Waals surface area contributed by atoms with Crippen LogP contribution in [0.2, 0.25) is 0 Å². The van der Waals surface area contributed by atoms with Gasteiger partial charge in [-0.25, -0.2) is 0 Å². The van der Waals surface area contributed by atoms with Gasteiger partial charge in [0.15, 0.2) is 0 Å². The largest absolute Gasteiger partial charge is 0.329 e. The number of aromatic nitrogens is 2. The third-order valence-electron chi connectivity index (χ3n) is 4.30. The standard InChI is InChI=1S/C15H28N4/c1-4-14-7-5-6-8-18(14)15(9-16)13-10-17-19(11-13)12(2)3/h10-12,14-15H,4-9,16H2,1-3H3. The Kier molecular flexibility index (Phi) is 4.99. The van der Waals surface area contributed by atoms with Gasteiger partial charge in [-0.05, 0) is 39.7 Å². The van der Waals surface area contributed by atoms with E-state index in [0.29, 0.717) is 24.7 Å². The Balaban J connectivity index is 2.17. The topological polar surface area (TPSA) is 47.1 Å². The van der Waals surface area contributed by atoms with Crippen molar-refractivity contribution in [3.63, 3.8) is 0 Å². The molecule has 2 rings (SSSR count). The highest BCUT2D eigenvalue weighted by Gasteiger charge is 2.28. The van der Waals surface area contributed by atoms with E-state index in [1.165, 1.54) is 37.8 Å². The van der Waals surface area contributed by atoms with Gasteiger partial charge >= 0.3 is 0 Å². The first-order valence-electron chi connectivity index (χ1n) is 7.67. The minimum Gasteiger partial charge on any atom is -0.329 e. The SMILES string of the molecule is CCC1CCCCN1C(CN)c1cnn(C(C)C)c1. The number of piperidine rings is 1. The van der Waals surface area contributed by atoms with E-state index in [0.717, 1.165) is 0 Å². The van der Waals surface area contributed by atoms with Crippen LogP contribution < -0.4 is 5.73 Å². The van der Waals surface area contributed by atoms with Gasteiger partial charge in [-0.15, -0.1) is 0 Å². The maximum absolute atomic E-state index is 6.06. The van der Waals surface area contributed by atoms with Crippen LogP contribution in [0.25, 0.3) is 0 Å². The molecule has 2 N–H and O–H groups in total. The number of rotatable bonds is 5. The van der Waals surface area contributed by atoms with Crippen LogP contribution >= 0.6 is 0 Å². The molecule has 2 heterocycles. The lowest BCUT2D eigenvalue weighted by atomic mass is 9.96. The Labute approximate surface area is 117 Å². The smallest absolute Gasteiger partial charge is 0.0538 e. The Morgan fingerprint density at radius 1 is 1.42 bits per heavy atom. The highest BCUT2D eigenvalue weighted by molar-refractivity contribution is 5.12. The molecule has 4 heteroatoms. The Hall–Kier alpha value is -0.870. The normalized spacial score (nSPS) is 22.9. The van der Waals surface area contributed by atoms with Gasteiger partial charge in [0, 0.05) is 30.4 Å². The molecule has 1 aromatic rings. The summed E-state index contributed by atoms with van der Waals surface area (Å²) >= 11 is 0. The van der Waals surface area contributed by atoms with Crippen LogP contribution in [0.3, 0.4) is 0 Å². The minimum absolute atomic E-state index is 0.331. The molecule has 108 valence electrons. The molecule has 0 bridgehead atoms. The second-order valence-electron chi connectivity index (χ2n) is 5.89. The fourth-order valence-electron chi connectivity index (χ4n) is 3.14. The van der Waals surface area contributed by atoms with Crippen LogP contribution in [0.4, 0.5) is 0 Å². The summed E-state index contributed by atoms with van der Waals surface area (Å²) in [5.74, 6) is 0. The second-order valence-corrected chi connectivity index (χ2v) is 5.89. The van der Waals surface area contributed by atoms with Crippen molar-refractivity contribution in [1.29, 1.82) is 0 Å². The summed E-state index contributed by atoms with van der Waals surface area (Å²) in [5, 5.41) is 4.46. The van der Waals surface area contributed by atoms with Crippen molar-refractivity contribution in [1.82, 2.24) is 14.7 Å². The molecule has 19 heavy (non-hydrogen) atoms. The molecule has 1 fully saturated rings. The molecular formula is C15H28N4. The molecule has 2 atom stereocenters. The highest BCUT2D eigenvalue weighted by Crippen LogP contribution is 2.29. The van der Waals surface area contributed by atoms with E-state index in [1.54, 1.807) is 0 Å². The molecule has 1 saturated heterocycles. The Morgan fingerprint density at radius 3 is 2.79 bits per heavy atom. The van der Waals surface area contributed by atoms with Gasteiger partial charge in [-0.2, -0.15) is 5.10 Å². The van der Waals surface area contributed by atoms with Crippen LogP contribution in [-0.4, -0.2) is 33.8 Å². The van der Waals surface area contributed by atoms with Gasteiger partial charge in [-0.3, -0.25) is 9.58 Å². The molecule has 0 aliphatic carbocycles. The van der Waals surface area contributed by atoms with E-state index in [-0.39, 0.29) is 0 Å². The van der Waals surface area contributed by atoms with Crippen LogP contribution in [0.5, 0.6) is 0 Å². The van der Waals surface area contributed by atoms with Crippen molar-refractivity contribution in [3.8, 4) is 0 Å². The maximum atomic E-state index is 6.06. The summed E-state index contributed by atoms with van der Waals surface area (Å²) in [5.41, 5.74) is 7.33. The monoisotopic (exact) mass is 264 g/mol. The Morgan fingerprint density at radius 2 is 2.21 bits per heavy atom. The summed E-state index contributed by atoms with van der Waals surface area (Å²) in [6.45, 7) is 8.45. The lowest BCUT2D eigenvalue weighted by Gasteiger charge is -2.40. The quantitative estimate of drug-likeness (QED) is 0.889. The summed E-state index contributed by atoms with van der Waals surface area (Å²) in [6.07, 6.45) is 9.35. The van der Waals surface area contributed by atoms with E-state index in [9.17, 15) is 0 Å². The van der Waals surface area contributed by atoms with E-state index in [4.69, 9.17) is 5.73 Å². The molecule has 0 radical (unpaired) electrons.